The van der Waals surface area contributed by atoms with Gasteiger partial charge in [0, 0.05) is 25.0 Å². The number of nitrogens with two attached hydrogens (primary N) is 1. The number of carbonyl (C=O) groups excluding carboxylic acids is 4. The largest absolute Gasteiger partial charge is 0.328 e. The molecule has 4 N–H and O–H groups in total. The van der Waals surface area contributed by atoms with Crippen LogP contribution in [0.4, 0.5) is 0 Å². The van der Waals surface area contributed by atoms with Gasteiger partial charge in [0.15, 0.2) is 0 Å². The Labute approximate surface area is 180 Å². The molecule has 164 valence electrons. The first kappa shape index (κ1) is 20.3. The quantitative estimate of drug-likeness (QED) is 0.622. The fourth-order valence-corrected chi connectivity index (χ4v) is 6.08. The van der Waals surface area contributed by atoms with E-state index in [1.807, 2.05) is 6.07 Å². The van der Waals surface area contributed by atoms with Crippen molar-refractivity contribution >= 4 is 23.6 Å². The smallest absolute Gasteiger partial charge is 0.262 e. The van der Waals surface area contributed by atoms with Crippen molar-refractivity contribution in [1.82, 2.24) is 15.5 Å². The molecule has 2 heterocycles. The summed E-state index contributed by atoms with van der Waals surface area (Å²) in [6.07, 6.45) is 5.93. The number of piperidine rings is 1. The number of nitrogens with one attached hydrogen (secondary N) is 2. The Morgan fingerprint density at radius 2 is 1.77 bits per heavy atom. The standard InChI is InChI=1S/C23H28N4O4/c24-15-9-12-3-1-4-13(10-15)20(12)25-11-14-5-2-6-16-19(14)23(31)27(22(16)30)17-7-8-18(28)26-21(17)29/h2,5-6,12-13,15,17,20,25H,1,3-4,7-11,24H2,(H,26,28,29). The average Bonchev–Trinajstić information content (AvgIpc) is 2.98. The molecule has 0 aromatic heterocycles. The minimum absolute atomic E-state index is 0.116. The maximum atomic E-state index is 13.2. The number of nitrogens with zero attached hydrogens (tertiary/aromatic N) is 1. The number of amides is 4. The van der Waals surface area contributed by atoms with Crippen molar-refractivity contribution in [2.45, 2.75) is 69.6 Å². The van der Waals surface area contributed by atoms with Crippen LogP contribution in [0.1, 0.15) is 71.2 Å². The van der Waals surface area contributed by atoms with Crippen molar-refractivity contribution in [2.75, 3.05) is 0 Å². The molecule has 1 aromatic carbocycles. The third-order valence-electron chi connectivity index (χ3n) is 7.46. The molecule has 1 aromatic rings. The number of hydrogen-bond acceptors (Lipinski definition) is 6. The van der Waals surface area contributed by atoms with Crippen molar-refractivity contribution in [3.63, 3.8) is 0 Å². The van der Waals surface area contributed by atoms with E-state index in [-0.39, 0.29) is 24.8 Å². The van der Waals surface area contributed by atoms with Crippen LogP contribution in [0.5, 0.6) is 0 Å². The molecule has 2 bridgehead atoms. The lowest BCUT2D eigenvalue weighted by molar-refractivity contribution is -0.136. The monoisotopic (exact) mass is 424 g/mol. The molecule has 3 atom stereocenters. The van der Waals surface area contributed by atoms with E-state index in [2.05, 4.69) is 10.6 Å². The highest BCUT2D eigenvalue weighted by Crippen LogP contribution is 2.40. The summed E-state index contributed by atoms with van der Waals surface area (Å²) >= 11 is 0. The Kier molecular flexibility index (Phi) is 5.14. The Bertz CT molecular complexity index is 947. The minimum Gasteiger partial charge on any atom is -0.328 e. The average molecular weight is 425 g/mol. The first-order chi connectivity index (χ1) is 14.9. The molecular formula is C23H28N4O4. The van der Waals surface area contributed by atoms with Gasteiger partial charge in [0.2, 0.25) is 11.8 Å². The van der Waals surface area contributed by atoms with Crippen LogP contribution in [0.2, 0.25) is 0 Å². The van der Waals surface area contributed by atoms with Gasteiger partial charge in [-0.2, -0.15) is 0 Å². The van der Waals surface area contributed by atoms with Crippen LogP contribution in [-0.4, -0.2) is 46.7 Å². The second-order valence-electron chi connectivity index (χ2n) is 9.38. The zero-order chi connectivity index (χ0) is 21.7. The molecule has 0 spiro atoms. The summed E-state index contributed by atoms with van der Waals surface area (Å²) in [7, 11) is 0. The number of imide groups is 2. The molecule has 3 fully saturated rings. The van der Waals surface area contributed by atoms with Crippen molar-refractivity contribution in [3.05, 3.63) is 34.9 Å². The van der Waals surface area contributed by atoms with Crippen LogP contribution in [0.3, 0.4) is 0 Å². The van der Waals surface area contributed by atoms with Gasteiger partial charge in [-0.05, 0) is 55.6 Å². The van der Waals surface area contributed by atoms with Gasteiger partial charge in [0.1, 0.15) is 6.04 Å². The van der Waals surface area contributed by atoms with Crippen LogP contribution >= 0.6 is 0 Å². The van der Waals surface area contributed by atoms with E-state index >= 15 is 0 Å². The summed E-state index contributed by atoms with van der Waals surface area (Å²) in [6.45, 7) is 0.498. The van der Waals surface area contributed by atoms with E-state index in [1.54, 1.807) is 12.1 Å². The number of fused-ring (bicyclic) bond motifs is 3. The molecule has 2 saturated carbocycles. The second kappa shape index (κ2) is 7.84. The summed E-state index contributed by atoms with van der Waals surface area (Å²) < 4.78 is 0. The lowest BCUT2D eigenvalue weighted by atomic mass is 9.67. The summed E-state index contributed by atoms with van der Waals surface area (Å²) in [6, 6.07) is 5.00. The SMILES string of the molecule is NC1CC2CCCC(C1)C2NCc1cccc2c1C(=O)N(C1CCC(=O)NC1=O)C2=O. The van der Waals surface area contributed by atoms with E-state index in [0.29, 0.717) is 35.5 Å². The maximum absolute atomic E-state index is 13.2. The number of hydrogen-bond donors (Lipinski definition) is 3. The zero-order valence-corrected chi connectivity index (χ0v) is 17.4. The Balaban J connectivity index is 1.36. The van der Waals surface area contributed by atoms with Crippen LogP contribution < -0.4 is 16.4 Å². The molecule has 3 unspecified atom stereocenters. The molecule has 8 heteroatoms. The normalized spacial score (nSPS) is 32.8. The lowest BCUT2D eigenvalue weighted by Gasteiger charge is -2.45. The van der Waals surface area contributed by atoms with Gasteiger partial charge in [-0.1, -0.05) is 18.6 Å². The summed E-state index contributed by atoms with van der Waals surface area (Å²) in [5.74, 6) is -0.764. The van der Waals surface area contributed by atoms with E-state index in [0.717, 1.165) is 23.3 Å². The molecule has 2 aliphatic carbocycles. The highest BCUT2D eigenvalue weighted by molar-refractivity contribution is 6.24. The second-order valence-corrected chi connectivity index (χ2v) is 9.38. The highest BCUT2D eigenvalue weighted by atomic mass is 16.2. The van der Waals surface area contributed by atoms with Crippen molar-refractivity contribution in [2.24, 2.45) is 17.6 Å². The maximum Gasteiger partial charge on any atom is 0.262 e. The van der Waals surface area contributed by atoms with Crippen LogP contribution in [0, 0.1) is 11.8 Å². The molecule has 4 amide bonds. The van der Waals surface area contributed by atoms with Gasteiger partial charge in [-0.25, -0.2) is 0 Å². The minimum atomic E-state index is -0.940. The van der Waals surface area contributed by atoms with E-state index < -0.39 is 23.8 Å². The van der Waals surface area contributed by atoms with Crippen LogP contribution in [0.25, 0.3) is 0 Å². The molecule has 4 aliphatic rings. The van der Waals surface area contributed by atoms with Crippen molar-refractivity contribution < 1.29 is 19.2 Å². The van der Waals surface area contributed by atoms with Gasteiger partial charge in [0.25, 0.3) is 11.8 Å². The molecular weight excluding hydrogens is 396 g/mol. The molecule has 0 radical (unpaired) electrons. The van der Waals surface area contributed by atoms with Gasteiger partial charge < -0.3 is 11.1 Å². The fourth-order valence-electron chi connectivity index (χ4n) is 6.08. The summed E-state index contributed by atoms with van der Waals surface area (Å²) in [4.78, 5) is 51.0. The lowest BCUT2D eigenvalue weighted by Crippen LogP contribution is -2.54. The van der Waals surface area contributed by atoms with Gasteiger partial charge >= 0.3 is 0 Å². The van der Waals surface area contributed by atoms with Crippen LogP contribution in [0.15, 0.2) is 18.2 Å². The molecule has 1 saturated heterocycles. The molecule has 31 heavy (non-hydrogen) atoms. The predicted octanol–water partition coefficient (Wildman–Crippen LogP) is 1.08. The predicted molar refractivity (Wildman–Crippen MR) is 112 cm³/mol. The van der Waals surface area contributed by atoms with Gasteiger partial charge in [-0.3, -0.25) is 29.4 Å². The topological polar surface area (TPSA) is 122 Å². The van der Waals surface area contributed by atoms with E-state index in [4.69, 9.17) is 5.73 Å². The number of carbonyl (C=O) groups is 4. The Hall–Kier alpha value is -2.58. The third kappa shape index (κ3) is 3.47. The number of rotatable bonds is 4. The van der Waals surface area contributed by atoms with Crippen molar-refractivity contribution in [3.8, 4) is 0 Å². The zero-order valence-electron chi connectivity index (χ0n) is 17.4. The van der Waals surface area contributed by atoms with E-state index in [9.17, 15) is 19.2 Å². The fraction of sp³-hybridized carbons (Fsp3) is 0.565. The summed E-state index contributed by atoms with van der Waals surface area (Å²) in [5.41, 5.74) is 7.73. The number of benzene rings is 1. The molecule has 2 aliphatic heterocycles. The third-order valence-corrected chi connectivity index (χ3v) is 7.46. The first-order valence-corrected chi connectivity index (χ1v) is 11.3. The van der Waals surface area contributed by atoms with E-state index in [1.165, 1.54) is 19.3 Å². The van der Waals surface area contributed by atoms with Gasteiger partial charge in [0.05, 0.1) is 11.1 Å². The molecule has 8 nitrogen and oxygen atoms in total. The Morgan fingerprint density at radius 1 is 1.03 bits per heavy atom. The Morgan fingerprint density at radius 3 is 2.48 bits per heavy atom. The first-order valence-electron chi connectivity index (χ1n) is 11.3. The van der Waals surface area contributed by atoms with Crippen molar-refractivity contribution in [1.29, 1.82) is 0 Å². The highest BCUT2D eigenvalue weighted by Gasteiger charge is 2.46. The summed E-state index contributed by atoms with van der Waals surface area (Å²) in [5, 5.41) is 5.91. The molecule has 5 rings (SSSR count). The van der Waals surface area contributed by atoms with Gasteiger partial charge in [-0.15, -0.1) is 0 Å². The van der Waals surface area contributed by atoms with Crippen LogP contribution in [-0.2, 0) is 16.1 Å².